The Bertz CT molecular complexity index is 1430. The molecule has 0 saturated heterocycles. The summed E-state index contributed by atoms with van der Waals surface area (Å²) in [6.07, 6.45) is 16.3. The van der Waals surface area contributed by atoms with E-state index in [9.17, 15) is 15.3 Å². The minimum Gasteiger partial charge on any atom is -0.504 e. The third-order valence-corrected chi connectivity index (χ3v) is 11.6. The fraction of sp³-hybridized carbons (Fsp3) is 0.650. The molecule has 6 rings (SSSR count). The van der Waals surface area contributed by atoms with Crippen LogP contribution in [0.15, 0.2) is 34.7 Å². The van der Waals surface area contributed by atoms with Crippen LogP contribution in [0.4, 0.5) is 0 Å². The van der Waals surface area contributed by atoms with Gasteiger partial charge in [-0.3, -0.25) is 0 Å². The molecule has 0 radical (unpaired) electrons. The van der Waals surface area contributed by atoms with Gasteiger partial charge in [-0.15, -0.1) is 0 Å². The maximum atomic E-state index is 10.9. The van der Waals surface area contributed by atoms with E-state index in [1.807, 2.05) is 25.1 Å². The number of aliphatic hydroxyl groups excluding tert-OH is 2. The first kappa shape index (κ1) is 34.1. The Hall–Kier alpha value is -2.74. The zero-order valence-corrected chi connectivity index (χ0v) is 28.8. The van der Waals surface area contributed by atoms with Gasteiger partial charge in [-0.1, -0.05) is 51.5 Å². The fourth-order valence-corrected chi connectivity index (χ4v) is 8.93. The molecule has 0 aliphatic heterocycles. The van der Waals surface area contributed by atoms with Crippen molar-refractivity contribution in [2.75, 3.05) is 19.7 Å². The summed E-state index contributed by atoms with van der Waals surface area (Å²) in [5, 5.41) is 34.2. The first-order valence-electron chi connectivity index (χ1n) is 18.7. The number of hydrogen-bond acceptors (Lipinski definition) is 6. The van der Waals surface area contributed by atoms with E-state index in [4.69, 9.17) is 9.15 Å². The maximum Gasteiger partial charge on any atom is 0.161 e. The van der Waals surface area contributed by atoms with Crippen LogP contribution >= 0.6 is 0 Å². The zero-order chi connectivity index (χ0) is 32.8. The number of rotatable bonds is 15. The number of phenols is 1. The number of ether oxygens (including phenoxy) is 1. The summed E-state index contributed by atoms with van der Waals surface area (Å²) in [7, 11) is 0. The summed E-state index contributed by atoms with van der Waals surface area (Å²) >= 11 is 0. The molecule has 3 aliphatic carbocycles. The molecular weight excluding hydrogens is 588 g/mol. The summed E-state index contributed by atoms with van der Waals surface area (Å²) in [4.78, 5) is 3.98. The second-order valence-electron chi connectivity index (χ2n) is 15.0. The van der Waals surface area contributed by atoms with Gasteiger partial charge in [0.25, 0.3) is 0 Å². The predicted molar refractivity (Wildman–Crippen MR) is 186 cm³/mol. The number of phenolic OH excluding ortho intramolecular Hbond substituents is 1. The highest BCUT2D eigenvalue weighted by molar-refractivity contribution is 5.43. The smallest absolute Gasteiger partial charge is 0.161 e. The molecule has 5 N–H and O–H groups in total. The Morgan fingerprint density at radius 3 is 2.68 bits per heavy atom. The van der Waals surface area contributed by atoms with Crippen LogP contribution in [0.5, 0.6) is 11.5 Å². The molecule has 0 spiro atoms. The van der Waals surface area contributed by atoms with Crippen LogP contribution in [0.25, 0.3) is 0 Å². The molecule has 7 nitrogen and oxygen atoms in total. The standard InChI is InChI=1S/C40H58N2O5/c1-3-4-11-37-30(25-43)21-31(47-37)15-12-28-13-17-36(45)38(20-28)46-26-40(18-6-5-7-19-40)39-22-33-34(24-41-23-27(2)44)32-10-8-9-29(32)14-16-35(33)42-39/h13,17,20-22,27,29,32,34,41-45H,3-12,14-16,18-19,23-26H2,1-2H3. The summed E-state index contributed by atoms with van der Waals surface area (Å²) in [5.74, 6) is 4.51. The molecule has 2 saturated carbocycles. The number of furan rings is 1. The molecule has 2 fully saturated rings. The molecule has 1 aromatic carbocycles. The van der Waals surface area contributed by atoms with Crippen molar-refractivity contribution in [3.05, 3.63) is 69.9 Å². The van der Waals surface area contributed by atoms with Crippen LogP contribution in [0.2, 0.25) is 0 Å². The van der Waals surface area contributed by atoms with Crippen LogP contribution in [0.1, 0.15) is 130 Å². The highest BCUT2D eigenvalue weighted by Gasteiger charge is 2.41. The summed E-state index contributed by atoms with van der Waals surface area (Å²) in [6, 6.07) is 10.2. The van der Waals surface area contributed by atoms with Crippen molar-refractivity contribution >= 4 is 0 Å². The second kappa shape index (κ2) is 15.7. The van der Waals surface area contributed by atoms with E-state index in [1.54, 1.807) is 6.07 Å². The van der Waals surface area contributed by atoms with E-state index in [-0.39, 0.29) is 23.9 Å². The van der Waals surface area contributed by atoms with Crippen LogP contribution < -0.4 is 10.1 Å². The van der Waals surface area contributed by atoms with Gasteiger partial charge < -0.3 is 34.8 Å². The van der Waals surface area contributed by atoms with Gasteiger partial charge in [-0.05, 0) is 99.1 Å². The predicted octanol–water partition coefficient (Wildman–Crippen LogP) is 7.63. The van der Waals surface area contributed by atoms with E-state index >= 15 is 0 Å². The molecule has 3 aromatic rings. The molecule has 47 heavy (non-hydrogen) atoms. The summed E-state index contributed by atoms with van der Waals surface area (Å²) < 4.78 is 12.7. The van der Waals surface area contributed by atoms with Gasteiger partial charge in [-0.25, -0.2) is 0 Å². The summed E-state index contributed by atoms with van der Waals surface area (Å²) in [6.45, 7) is 6.11. The number of fused-ring (bicyclic) bond motifs is 2. The van der Waals surface area contributed by atoms with Crippen molar-refractivity contribution in [1.29, 1.82) is 0 Å². The first-order valence-corrected chi connectivity index (χ1v) is 18.7. The Morgan fingerprint density at radius 1 is 1.04 bits per heavy atom. The second-order valence-corrected chi connectivity index (χ2v) is 15.0. The van der Waals surface area contributed by atoms with E-state index in [2.05, 4.69) is 23.3 Å². The van der Waals surface area contributed by atoms with Crippen LogP contribution in [0, 0.1) is 11.8 Å². The summed E-state index contributed by atoms with van der Waals surface area (Å²) in [5.41, 5.74) is 6.09. The normalized spacial score (nSPS) is 22.9. The molecule has 4 unspecified atom stereocenters. The van der Waals surface area contributed by atoms with Crippen molar-refractivity contribution in [3.63, 3.8) is 0 Å². The molecule has 4 atom stereocenters. The van der Waals surface area contributed by atoms with Crippen molar-refractivity contribution in [3.8, 4) is 11.5 Å². The number of benzene rings is 1. The van der Waals surface area contributed by atoms with E-state index in [0.717, 1.165) is 86.5 Å². The quantitative estimate of drug-likeness (QED) is 0.116. The molecular formula is C40H58N2O5. The monoisotopic (exact) mass is 646 g/mol. The van der Waals surface area contributed by atoms with Crippen molar-refractivity contribution in [2.24, 2.45) is 11.8 Å². The third kappa shape index (κ3) is 7.95. The lowest BCUT2D eigenvalue weighted by Gasteiger charge is -2.36. The highest BCUT2D eigenvalue weighted by atomic mass is 16.5. The van der Waals surface area contributed by atoms with Gasteiger partial charge in [0.1, 0.15) is 11.5 Å². The molecule has 0 bridgehead atoms. The number of aryl methyl sites for hydroxylation is 4. The van der Waals surface area contributed by atoms with Gasteiger partial charge in [-0.2, -0.15) is 0 Å². The van der Waals surface area contributed by atoms with Gasteiger partial charge in [0.2, 0.25) is 0 Å². The number of aliphatic hydroxyl groups is 2. The largest absolute Gasteiger partial charge is 0.504 e. The maximum absolute atomic E-state index is 10.9. The minimum absolute atomic E-state index is 0.00687. The number of nitrogens with one attached hydrogen (secondary N) is 2. The number of H-pyrrole nitrogens is 1. The van der Waals surface area contributed by atoms with Gasteiger partial charge in [0.05, 0.1) is 19.3 Å². The zero-order valence-electron chi connectivity index (χ0n) is 28.8. The number of aromatic hydroxyl groups is 1. The van der Waals surface area contributed by atoms with Crippen LogP contribution in [-0.2, 0) is 37.7 Å². The minimum atomic E-state index is -0.341. The Kier molecular flexibility index (Phi) is 11.4. The molecule has 7 heteroatoms. The van der Waals surface area contributed by atoms with E-state index in [0.29, 0.717) is 30.7 Å². The number of aromatic nitrogens is 1. The average Bonchev–Trinajstić information content (AvgIpc) is 3.81. The molecule has 3 aliphatic rings. The van der Waals surface area contributed by atoms with Crippen molar-refractivity contribution in [1.82, 2.24) is 10.3 Å². The topological polar surface area (TPSA) is 111 Å². The van der Waals surface area contributed by atoms with E-state index in [1.165, 1.54) is 61.9 Å². The molecule has 258 valence electrons. The first-order chi connectivity index (χ1) is 22.9. The lowest BCUT2D eigenvalue weighted by Crippen LogP contribution is -2.36. The molecule has 2 aromatic heterocycles. The van der Waals surface area contributed by atoms with Crippen molar-refractivity contribution < 1.29 is 24.5 Å². The number of hydrogen-bond donors (Lipinski definition) is 5. The lowest BCUT2D eigenvalue weighted by molar-refractivity contribution is 0.161. The Labute approximate surface area is 281 Å². The van der Waals surface area contributed by atoms with Gasteiger partial charge in [0.15, 0.2) is 11.5 Å². The van der Waals surface area contributed by atoms with Gasteiger partial charge >= 0.3 is 0 Å². The number of unbranched alkanes of at least 4 members (excludes halogenated alkanes) is 1. The number of aromatic amines is 1. The molecule has 2 heterocycles. The third-order valence-electron chi connectivity index (χ3n) is 11.6. The average molecular weight is 647 g/mol. The molecule has 0 amide bonds. The fourth-order valence-electron chi connectivity index (χ4n) is 8.93. The van der Waals surface area contributed by atoms with Crippen molar-refractivity contribution in [2.45, 2.75) is 134 Å². The highest BCUT2D eigenvalue weighted by Crippen LogP contribution is 2.49. The van der Waals surface area contributed by atoms with Gasteiger partial charge in [0, 0.05) is 54.2 Å². The SMILES string of the molecule is CCCCc1oc(CCc2ccc(O)c(OCC3(c4cc5c([nH]4)CCC4CCCC4C5CNCC(C)O)CCCCC3)c2)cc1CO. The Balaban J connectivity index is 1.18. The van der Waals surface area contributed by atoms with Crippen LogP contribution in [-0.4, -0.2) is 46.1 Å². The lowest BCUT2D eigenvalue weighted by atomic mass is 9.72. The van der Waals surface area contributed by atoms with Crippen LogP contribution in [0.3, 0.4) is 0 Å². The van der Waals surface area contributed by atoms with E-state index < -0.39 is 0 Å². The Morgan fingerprint density at radius 2 is 1.89 bits per heavy atom.